The molecule has 2 aromatic carbocycles. The maximum Gasteiger partial charge on any atom is 0.335 e. The van der Waals surface area contributed by atoms with E-state index in [1.165, 1.54) is 18.2 Å². The van der Waals surface area contributed by atoms with Gasteiger partial charge in [0.1, 0.15) is 0 Å². The minimum atomic E-state index is -3.84. The summed E-state index contributed by atoms with van der Waals surface area (Å²) in [6.07, 6.45) is 0. The van der Waals surface area contributed by atoms with E-state index in [1.807, 2.05) is 13.8 Å². The lowest BCUT2D eigenvalue weighted by molar-refractivity contribution is -0.268. The molecule has 0 atom stereocenters. The molecule has 0 saturated heterocycles. The summed E-state index contributed by atoms with van der Waals surface area (Å²) in [6, 6.07) is 9.69. The molecule has 0 aliphatic heterocycles. The van der Waals surface area contributed by atoms with E-state index in [4.69, 9.17) is 5.11 Å². The molecule has 0 aromatic heterocycles. The number of sulfonamides is 1. The Morgan fingerprint density at radius 3 is 2.22 bits per heavy atom. The van der Waals surface area contributed by atoms with Gasteiger partial charge in [-0.1, -0.05) is 31.7 Å². The molecule has 0 amide bonds. The highest BCUT2D eigenvalue weighted by atomic mass is 32.2. The molecule has 122 valence electrons. The molecule has 6 nitrogen and oxygen atoms in total. The van der Waals surface area contributed by atoms with Gasteiger partial charge in [0.25, 0.3) is 10.0 Å². The molecular weight excluding hydrogens is 318 g/mol. The SMILES string of the molecule is CC(C)c1ccc(S(=O)(=O)Nc2ccc(C(=O)O)c([O-])c2)cc1. The van der Waals surface area contributed by atoms with Crippen LogP contribution in [0.1, 0.15) is 35.7 Å². The smallest absolute Gasteiger partial charge is 0.335 e. The van der Waals surface area contributed by atoms with Gasteiger partial charge in [0.05, 0.1) is 10.5 Å². The number of hydrogen-bond donors (Lipinski definition) is 2. The molecule has 2 N–H and O–H groups in total. The molecule has 0 bridgehead atoms. The van der Waals surface area contributed by atoms with Crippen LogP contribution in [0.5, 0.6) is 5.75 Å². The van der Waals surface area contributed by atoms with E-state index in [1.54, 1.807) is 12.1 Å². The van der Waals surface area contributed by atoms with Crippen LogP contribution in [0.3, 0.4) is 0 Å². The van der Waals surface area contributed by atoms with Crippen LogP contribution in [0, 0.1) is 0 Å². The van der Waals surface area contributed by atoms with Crippen LogP contribution < -0.4 is 9.83 Å². The van der Waals surface area contributed by atoms with Crippen molar-refractivity contribution in [1.29, 1.82) is 0 Å². The number of aromatic carboxylic acids is 1. The Balaban J connectivity index is 2.27. The fraction of sp³-hybridized carbons (Fsp3) is 0.188. The Hall–Kier alpha value is -2.54. The van der Waals surface area contributed by atoms with Gasteiger partial charge in [-0.05, 0) is 41.8 Å². The van der Waals surface area contributed by atoms with Crippen molar-refractivity contribution in [2.45, 2.75) is 24.7 Å². The van der Waals surface area contributed by atoms with E-state index in [0.29, 0.717) is 0 Å². The molecule has 0 aliphatic carbocycles. The number of rotatable bonds is 5. The Kier molecular flexibility index (Phi) is 4.60. The van der Waals surface area contributed by atoms with Crippen LogP contribution in [-0.2, 0) is 10.0 Å². The van der Waals surface area contributed by atoms with Gasteiger partial charge in [-0.25, -0.2) is 13.2 Å². The first-order valence-corrected chi connectivity index (χ1v) is 8.36. The predicted octanol–water partition coefficient (Wildman–Crippen LogP) is 2.38. The van der Waals surface area contributed by atoms with E-state index in [-0.39, 0.29) is 16.5 Å². The standard InChI is InChI=1S/C16H17NO5S/c1-10(2)11-3-6-13(7-4-11)23(21,22)17-12-5-8-14(16(19)20)15(18)9-12/h3-10,17-18H,1-2H3,(H,19,20)/p-1. The molecule has 2 rings (SSSR count). The molecule has 0 heterocycles. The van der Waals surface area contributed by atoms with Gasteiger partial charge < -0.3 is 10.2 Å². The second-order valence-electron chi connectivity index (χ2n) is 5.35. The lowest BCUT2D eigenvalue weighted by Gasteiger charge is -2.14. The summed E-state index contributed by atoms with van der Waals surface area (Å²) < 4.78 is 26.8. The van der Waals surface area contributed by atoms with Crippen molar-refractivity contribution in [2.24, 2.45) is 0 Å². The van der Waals surface area contributed by atoms with Gasteiger partial charge in [-0.3, -0.25) is 4.72 Å². The third-order valence-electron chi connectivity index (χ3n) is 3.32. The third kappa shape index (κ3) is 3.81. The van der Waals surface area contributed by atoms with Crippen molar-refractivity contribution >= 4 is 21.7 Å². The minimum Gasteiger partial charge on any atom is -0.872 e. The van der Waals surface area contributed by atoms with Crippen molar-refractivity contribution in [3.05, 3.63) is 53.6 Å². The Labute approximate surface area is 134 Å². The van der Waals surface area contributed by atoms with Crippen molar-refractivity contribution in [3.63, 3.8) is 0 Å². The Morgan fingerprint density at radius 1 is 1.13 bits per heavy atom. The highest BCUT2D eigenvalue weighted by molar-refractivity contribution is 7.92. The van der Waals surface area contributed by atoms with Crippen molar-refractivity contribution in [1.82, 2.24) is 0 Å². The summed E-state index contributed by atoms with van der Waals surface area (Å²) >= 11 is 0. The van der Waals surface area contributed by atoms with Gasteiger partial charge in [-0.15, -0.1) is 0 Å². The molecular formula is C16H16NO5S-. The largest absolute Gasteiger partial charge is 0.872 e. The summed E-state index contributed by atoms with van der Waals surface area (Å²) in [5.74, 6) is -1.83. The number of hydrogen-bond acceptors (Lipinski definition) is 4. The molecule has 0 unspecified atom stereocenters. The second kappa shape index (κ2) is 6.29. The van der Waals surface area contributed by atoms with E-state index in [0.717, 1.165) is 17.7 Å². The number of anilines is 1. The van der Waals surface area contributed by atoms with Gasteiger partial charge in [-0.2, -0.15) is 0 Å². The monoisotopic (exact) mass is 334 g/mol. The molecule has 7 heteroatoms. The van der Waals surface area contributed by atoms with Crippen LogP contribution in [0.2, 0.25) is 0 Å². The van der Waals surface area contributed by atoms with Crippen molar-refractivity contribution in [3.8, 4) is 5.75 Å². The number of carboxylic acids is 1. The molecule has 0 radical (unpaired) electrons. The number of nitrogens with one attached hydrogen (secondary N) is 1. The van der Waals surface area contributed by atoms with Gasteiger partial charge in [0.2, 0.25) is 0 Å². The van der Waals surface area contributed by atoms with E-state index >= 15 is 0 Å². The maximum absolute atomic E-state index is 12.3. The van der Waals surface area contributed by atoms with Crippen molar-refractivity contribution < 1.29 is 23.4 Å². The highest BCUT2D eigenvalue weighted by Crippen LogP contribution is 2.23. The zero-order valence-corrected chi connectivity index (χ0v) is 13.4. The number of carboxylic acid groups (broad SMARTS) is 1. The molecule has 0 fully saturated rings. The average Bonchev–Trinajstić information content (AvgIpc) is 2.46. The molecule has 0 spiro atoms. The normalized spacial score (nSPS) is 11.4. The molecule has 0 saturated carbocycles. The van der Waals surface area contributed by atoms with Gasteiger partial charge >= 0.3 is 5.97 Å². The van der Waals surface area contributed by atoms with Crippen LogP contribution in [-0.4, -0.2) is 19.5 Å². The lowest BCUT2D eigenvalue weighted by Crippen LogP contribution is -2.14. The maximum atomic E-state index is 12.3. The quantitative estimate of drug-likeness (QED) is 0.873. The van der Waals surface area contributed by atoms with Crippen molar-refractivity contribution in [2.75, 3.05) is 4.72 Å². The first-order valence-electron chi connectivity index (χ1n) is 6.88. The third-order valence-corrected chi connectivity index (χ3v) is 4.72. The zero-order chi connectivity index (χ0) is 17.2. The summed E-state index contributed by atoms with van der Waals surface area (Å²) in [5, 5.41) is 20.4. The summed E-state index contributed by atoms with van der Waals surface area (Å²) in [6.45, 7) is 4.00. The summed E-state index contributed by atoms with van der Waals surface area (Å²) in [7, 11) is -3.84. The van der Waals surface area contributed by atoms with Crippen LogP contribution in [0.15, 0.2) is 47.4 Å². The summed E-state index contributed by atoms with van der Waals surface area (Å²) in [4.78, 5) is 10.9. The highest BCUT2D eigenvalue weighted by Gasteiger charge is 2.15. The average molecular weight is 334 g/mol. The fourth-order valence-corrected chi connectivity index (χ4v) is 3.06. The van der Waals surface area contributed by atoms with Crippen LogP contribution in [0.25, 0.3) is 0 Å². The molecule has 23 heavy (non-hydrogen) atoms. The van der Waals surface area contributed by atoms with Crippen LogP contribution in [0.4, 0.5) is 5.69 Å². The fourth-order valence-electron chi connectivity index (χ4n) is 2.01. The molecule has 2 aromatic rings. The van der Waals surface area contributed by atoms with Crippen LogP contribution >= 0.6 is 0 Å². The van der Waals surface area contributed by atoms with Gasteiger partial charge in [0.15, 0.2) is 0 Å². The first-order chi connectivity index (χ1) is 10.7. The predicted molar refractivity (Wildman–Crippen MR) is 84.2 cm³/mol. The molecule has 0 aliphatic rings. The number of carbonyl (C=O) groups is 1. The first kappa shape index (κ1) is 16.8. The Bertz CT molecular complexity index is 826. The lowest BCUT2D eigenvalue weighted by atomic mass is 10.0. The Morgan fingerprint density at radius 2 is 1.74 bits per heavy atom. The zero-order valence-electron chi connectivity index (χ0n) is 12.6. The minimum absolute atomic E-state index is 0.0212. The van der Waals surface area contributed by atoms with Gasteiger partial charge in [0, 0.05) is 5.69 Å². The second-order valence-corrected chi connectivity index (χ2v) is 7.03. The topological polar surface area (TPSA) is 107 Å². The summed E-state index contributed by atoms with van der Waals surface area (Å²) in [5.41, 5.74) is 0.624. The van der Waals surface area contributed by atoms with E-state index in [2.05, 4.69) is 4.72 Å². The van der Waals surface area contributed by atoms with E-state index < -0.39 is 27.3 Å². The number of benzene rings is 2. The van der Waals surface area contributed by atoms with E-state index in [9.17, 15) is 18.3 Å².